The molecule has 164 valence electrons. The second-order valence-electron chi connectivity index (χ2n) is 9.72. The normalized spacial score (nSPS) is 19.5. The van der Waals surface area contributed by atoms with Crippen LogP contribution in [0.4, 0.5) is 0 Å². The van der Waals surface area contributed by atoms with Gasteiger partial charge in [0, 0.05) is 13.1 Å². The average molecular weight is 415 g/mol. The first-order valence-electron chi connectivity index (χ1n) is 10.7. The molecule has 1 N–H and O–H groups in total. The summed E-state index contributed by atoms with van der Waals surface area (Å²) in [6.07, 6.45) is 1.23. The number of esters is 1. The minimum absolute atomic E-state index is 0.182. The smallest absolute Gasteiger partial charge is 0.316 e. The van der Waals surface area contributed by atoms with E-state index in [1.54, 1.807) is 7.11 Å². The number of piperidine rings is 1. The molecule has 0 radical (unpaired) electrons. The second-order valence-corrected chi connectivity index (χ2v) is 9.72. The Morgan fingerprint density at radius 3 is 2.33 bits per heavy atom. The molecular weight excluding hydrogens is 380 g/mol. The summed E-state index contributed by atoms with van der Waals surface area (Å²) in [5.41, 5.74) is 2.15. The van der Waals surface area contributed by atoms with Crippen molar-refractivity contribution in [3.05, 3.63) is 40.6 Å². The molecule has 0 unspecified atom stereocenters. The van der Waals surface area contributed by atoms with Crippen LogP contribution in [0.25, 0.3) is 5.57 Å². The molecule has 1 saturated heterocycles. The molecule has 0 aromatic heterocycles. The highest BCUT2D eigenvalue weighted by Gasteiger charge is 2.50. The summed E-state index contributed by atoms with van der Waals surface area (Å²) in [4.78, 5) is 31.4. The molecule has 2 heterocycles. The number of rotatable bonds is 4. The number of nitrogens with one attached hydrogen (secondary N) is 1. The number of hydroxylamine groups is 2. The molecule has 0 aliphatic carbocycles. The Kier molecular flexibility index (Phi) is 6.12. The van der Waals surface area contributed by atoms with Crippen LogP contribution in [0.2, 0.25) is 0 Å². The van der Waals surface area contributed by atoms with Gasteiger partial charge in [0.1, 0.15) is 11.3 Å². The highest BCUT2D eigenvalue weighted by Crippen LogP contribution is 2.42. The molecule has 2 aliphatic heterocycles. The molecule has 6 nitrogen and oxygen atoms in total. The molecule has 0 saturated carbocycles. The Morgan fingerprint density at radius 2 is 1.83 bits per heavy atom. The maximum atomic E-state index is 13.2. The van der Waals surface area contributed by atoms with E-state index in [4.69, 9.17) is 9.57 Å². The molecule has 30 heavy (non-hydrogen) atoms. The lowest BCUT2D eigenvalue weighted by molar-refractivity contribution is -0.159. The summed E-state index contributed by atoms with van der Waals surface area (Å²) < 4.78 is 6.01. The van der Waals surface area contributed by atoms with Gasteiger partial charge in [0.2, 0.25) is 0 Å². The van der Waals surface area contributed by atoms with E-state index in [2.05, 4.69) is 31.3 Å². The second kappa shape index (κ2) is 8.16. The van der Waals surface area contributed by atoms with E-state index in [0.29, 0.717) is 43.2 Å². The summed E-state index contributed by atoms with van der Waals surface area (Å²) in [7, 11) is 1.65. The Balaban J connectivity index is 2.11. The SMILES string of the molecule is CON1CCC2(CC1)NC(=O)C(c1ccc(C(C)C)cc1C)=C2OC(=O)C(C)(C)C. The summed E-state index contributed by atoms with van der Waals surface area (Å²) in [5, 5.41) is 5.02. The first kappa shape index (κ1) is 22.5. The van der Waals surface area contributed by atoms with Crippen LogP contribution in [0.3, 0.4) is 0 Å². The fraction of sp³-hybridized carbons (Fsp3) is 0.583. The third-order valence-electron chi connectivity index (χ3n) is 6.07. The molecular formula is C24H34N2O4. The fourth-order valence-electron chi connectivity index (χ4n) is 4.05. The van der Waals surface area contributed by atoms with Gasteiger partial charge in [-0.1, -0.05) is 32.0 Å². The van der Waals surface area contributed by atoms with Crippen molar-refractivity contribution in [2.24, 2.45) is 5.41 Å². The number of hydrogen-bond donors (Lipinski definition) is 1. The van der Waals surface area contributed by atoms with Crippen molar-refractivity contribution in [2.75, 3.05) is 20.2 Å². The zero-order valence-electron chi connectivity index (χ0n) is 19.2. The number of benzene rings is 1. The minimum Gasteiger partial charge on any atom is -0.427 e. The Hall–Kier alpha value is -2.18. The number of hydrogen-bond acceptors (Lipinski definition) is 5. The first-order chi connectivity index (χ1) is 14.0. The number of amides is 1. The van der Waals surface area contributed by atoms with Crippen molar-refractivity contribution >= 4 is 17.4 Å². The lowest BCUT2D eigenvalue weighted by Gasteiger charge is -2.39. The van der Waals surface area contributed by atoms with Gasteiger partial charge in [-0.25, -0.2) is 0 Å². The van der Waals surface area contributed by atoms with Crippen LogP contribution in [0.1, 0.15) is 70.1 Å². The van der Waals surface area contributed by atoms with E-state index in [0.717, 1.165) is 11.1 Å². The Morgan fingerprint density at radius 1 is 1.20 bits per heavy atom. The topological polar surface area (TPSA) is 67.9 Å². The predicted molar refractivity (Wildman–Crippen MR) is 116 cm³/mol. The fourth-order valence-corrected chi connectivity index (χ4v) is 4.05. The van der Waals surface area contributed by atoms with Gasteiger partial charge in [-0.05, 0) is 63.1 Å². The maximum Gasteiger partial charge on any atom is 0.316 e. The van der Waals surface area contributed by atoms with Gasteiger partial charge < -0.3 is 14.9 Å². The van der Waals surface area contributed by atoms with Gasteiger partial charge in [0.25, 0.3) is 5.91 Å². The van der Waals surface area contributed by atoms with Crippen LogP contribution in [-0.2, 0) is 19.2 Å². The van der Waals surface area contributed by atoms with Crippen molar-refractivity contribution in [1.29, 1.82) is 0 Å². The van der Waals surface area contributed by atoms with Crippen LogP contribution < -0.4 is 5.32 Å². The van der Waals surface area contributed by atoms with E-state index in [1.165, 1.54) is 5.56 Å². The van der Waals surface area contributed by atoms with Gasteiger partial charge in [0.15, 0.2) is 0 Å². The monoisotopic (exact) mass is 414 g/mol. The molecule has 3 rings (SSSR count). The number of ether oxygens (including phenoxy) is 1. The number of carbonyl (C=O) groups excluding carboxylic acids is 2. The molecule has 0 atom stereocenters. The van der Waals surface area contributed by atoms with E-state index in [1.807, 2.05) is 38.8 Å². The molecule has 2 aliphatic rings. The predicted octanol–water partition coefficient (Wildman–Crippen LogP) is 3.94. The lowest BCUT2D eigenvalue weighted by Crippen LogP contribution is -2.53. The quantitative estimate of drug-likeness (QED) is 0.756. The molecule has 1 aromatic carbocycles. The lowest BCUT2D eigenvalue weighted by atomic mass is 9.85. The number of aryl methyl sites for hydroxylation is 1. The van der Waals surface area contributed by atoms with Gasteiger partial charge in [-0.2, -0.15) is 5.06 Å². The third-order valence-corrected chi connectivity index (χ3v) is 6.07. The molecule has 1 aromatic rings. The summed E-state index contributed by atoms with van der Waals surface area (Å²) in [5.74, 6) is 0.338. The summed E-state index contributed by atoms with van der Waals surface area (Å²) in [6.45, 7) is 13.0. The van der Waals surface area contributed by atoms with Crippen LogP contribution in [-0.4, -0.2) is 42.7 Å². The standard InChI is InChI=1S/C24H34N2O4/c1-15(2)17-8-9-18(16(3)14-17)19-20(30-22(28)23(4,5)6)24(25-21(19)27)10-12-26(29-7)13-11-24/h8-9,14-15H,10-13H2,1-7H3,(H,25,27). The van der Waals surface area contributed by atoms with Crippen LogP contribution in [0.5, 0.6) is 0 Å². The first-order valence-corrected chi connectivity index (χ1v) is 10.7. The van der Waals surface area contributed by atoms with Crippen molar-refractivity contribution in [3.8, 4) is 0 Å². The van der Waals surface area contributed by atoms with Gasteiger partial charge >= 0.3 is 5.97 Å². The molecule has 6 heteroatoms. The van der Waals surface area contributed by atoms with E-state index in [9.17, 15) is 9.59 Å². The van der Waals surface area contributed by atoms with Gasteiger partial charge in [-0.15, -0.1) is 0 Å². The van der Waals surface area contributed by atoms with Crippen molar-refractivity contribution in [2.45, 2.75) is 65.8 Å². The minimum atomic E-state index is -0.689. The third kappa shape index (κ3) is 4.16. The van der Waals surface area contributed by atoms with Crippen LogP contribution >= 0.6 is 0 Å². The zero-order chi connectivity index (χ0) is 22.3. The van der Waals surface area contributed by atoms with Gasteiger partial charge in [0.05, 0.1) is 18.1 Å². The van der Waals surface area contributed by atoms with Crippen LogP contribution in [0.15, 0.2) is 24.0 Å². The Labute approximate surface area is 179 Å². The summed E-state index contributed by atoms with van der Waals surface area (Å²) in [6, 6.07) is 6.14. The van der Waals surface area contributed by atoms with Gasteiger partial charge in [-0.3, -0.25) is 9.59 Å². The van der Waals surface area contributed by atoms with E-state index in [-0.39, 0.29) is 11.9 Å². The van der Waals surface area contributed by atoms with Crippen LogP contribution in [0, 0.1) is 12.3 Å². The highest BCUT2D eigenvalue weighted by atomic mass is 16.7. The average Bonchev–Trinajstić information content (AvgIpc) is 2.92. The highest BCUT2D eigenvalue weighted by molar-refractivity contribution is 6.24. The maximum absolute atomic E-state index is 13.2. The number of carbonyl (C=O) groups is 2. The zero-order valence-corrected chi connectivity index (χ0v) is 19.2. The largest absolute Gasteiger partial charge is 0.427 e. The summed E-state index contributed by atoms with van der Waals surface area (Å²) >= 11 is 0. The molecule has 0 bridgehead atoms. The van der Waals surface area contributed by atoms with Crippen molar-refractivity contribution in [1.82, 2.24) is 10.4 Å². The van der Waals surface area contributed by atoms with Crippen molar-refractivity contribution in [3.63, 3.8) is 0 Å². The van der Waals surface area contributed by atoms with E-state index >= 15 is 0 Å². The molecule has 1 spiro atoms. The Bertz CT molecular complexity index is 872. The number of nitrogens with zero attached hydrogens (tertiary/aromatic N) is 1. The molecule has 1 amide bonds. The van der Waals surface area contributed by atoms with E-state index < -0.39 is 11.0 Å². The molecule has 1 fully saturated rings. The van der Waals surface area contributed by atoms with Crippen molar-refractivity contribution < 1.29 is 19.2 Å².